The molecule has 2 N–H and O–H groups in total. The summed E-state index contributed by atoms with van der Waals surface area (Å²) in [6, 6.07) is 6.92. The van der Waals surface area contributed by atoms with Crippen molar-refractivity contribution in [3.05, 3.63) is 41.3 Å². The van der Waals surface area contributed by atoms with Crippen molar-refractivity contribution < 1.29 is 14.3 Å². The monoisotopic (exact) mass is 273 g/mol. The minimum atomic E-state index is -0.605. The Morgan fingerprint density at radius 2 is 1.95 bits per heavy atom. The highest BCUT2D eigenvalue weighted by atomic mass is 16.5. The van der Waals surface area contributed by atoms with Crippen molar-refractivity contribution in [3.8, 4) is 11.6 Å². The van der Waals surface area contributed by atoms with Crippen LogP contribution in [-0.4, -0.2) is 23.0 Å². The zero-order chi connectivity index (χ0) is 14.7. The Bertz CT molecular complexity index is 656. The molecule has 0 atom stereocenters. The Labute approximate surface area is 116 Å². The quantitative estimate of drug-likeness (QED) is 0.681. The van der Waals surface area contributed by atoms with E-state index >= 15 is 0 Å². The topological polar surface area (TPSA) is 87.3 Å². The van der Waals surface area contributed by atoms with Crippen LogP contribution in [0.3, 0.4) is 0 Å². The lowest BCUT2D eigenvalue weighted by molar-refractivity contribution is 0.0585. The van der Waals surface area contributed by atoms with E-state index in [1.54, 1.807) is 31.2 Å². The summed E-state index contributed by atoms with van der Waals surface area (Å²) in [5.41, 5.74) is 7.95. The zero-order valence-corrected chi connectivity index (χ0v) is 11.5. The van der Waals surface area contributed by atoms with E-state index in [9.17, 15) is 4.79 Å². The second-order valence-electron chi connectivity index (χ2n) is 4.28. The summed E-state index contributed by atoms with van der Waals surface area (Å²) in [6.07, 6.45) is 0. The average Bonchev–Trinajstić information content (AvgIpc) is 2.41. The van der Waals surface area contributed by atoms with Crippen LogP contribution in [0, 0.1) is 13.8 Å². The molecule has 20 heavy (non-hydrogen) atoms. The van der Waals surface area contributed by atoms with Gasteiger partial charge in [-0.2, -0.15) is 4.98 Å². The van der Waals surface area contributed by atoms with Gasteiger partial charge in [-0.25, -0.2) is 9.78 Å². The Balaban J connectivity index is 2.31. The molecule has 0 aliphatic heterocycles. The van der Waals surface area contributed by atoms with Crippen molar-refractivity contribution in [2.75, 3.05) is 12.8 Å². The van der Waals surface area contributed by atoms with Gasteiger partial charge in [-0.1, -0.05) is 0 Å². The number of methoxy groups -OCH3 is 1. The van der Waals surface area contributed by atoms with E-state index in [4.69, 9.17) is 10.5 Å². The number of carbonyl (C=O) groups excluding carboxylic acids is 1. The zero-order valence-electron chi connectivity index (χ0n) is 11.5. The third-order valence-electron chi connectivity index (χ3n) is 2.66. The van der Waals surface area contributed by atoms with Gasteiger partial charge in [-0.15, -0.1) is 0 Å². The molecule has 0 spiro atoms. The van der Waals surface area contributed by atoms with E-state index in [2.05, 4.69) is 14.7 Å². The maximum absolute atomic E-state index is 11.4. The molecule has 0 saturated carbocycles. The van der Waals surface area contributed by atoms with Crippen LogP contribution in [0.25, 0.3) is 0 Å². The van der Waals surface area contributed by atoms with Crippen LogP contribution in [-0.2, 0) is 4.74 Å². The maximum atomic E-state index is 11.4. The summed E-state index contributed by atoms with van der Waals surface area (Å²) >= 11 is 0. The molecule has 1 aromatic heterocycles. The molecule has 1 aromatic carbocycles. The largest absolute Gasteiger partial charge is 0.463 e. The fraction of sp³-hybridized carbons (Fsp3) is 0.214. The van der Waals surface area contributed by atoms with E-state index in [1.165, 1.54) is 7.11 Å². The Morgan fingerprint density at radius 3 is 2.60 bits per heavy atom. The number of aryl methyl sites for hydroxylation is 2. The van der Waals surface area contributed by atoms with Crippen molar-refractivity contribution in [1.82, 2.24) is 9.97 Å². The fourth-order valence-electron chi connectivity index (χ4n) is 1.61. The third kappa shape index (κ3) is 3.03. The Morgan fingerprint density at radius 1 is 1.20 bits per heavy atom. The molecule has 0 radical (unpaired) electrons. The molecule has 0 fully saturated rings. The van der Waals surface area contributed by atoms with E-state index in [-0.39, 0.29) is 11.7 Å². The lowest BCUT2D eigenvalue weighted by Crippen LogP contribution is -2.09. The number of rotatable bonds is 3. The summed E-state index contributed by atoms with van der Waals surface area (Å²) < 4.78 is 10.2. The first-order valence-electron chi connectivity index (χ1n) is 5.97. The summed E-state index contributed by atoms with van der Waals surface area (Å²) in [6.45, 7) is 3.63. The molecule has 0 unspecified atom stereocenters. The minimum absolute atomic E-state index is 0.0327. The predicted octanol–water partition coefficient (Wildman–Crippen LogP) is 2.25. The number of anilines is 1. The van der Waals surface area contributed by atoms with Gasteiger partial charge < -0.3 is 15.2 Å². The van der Waals surface area contributed by atoms with Crippen LogP contribution >= 0.6 is 0 Å². The van der Waals surface area contributed by atoms with Crippen LogP contribution in [0.5, 0.6) is 11.6 Å². The van der Waals surface area contributed by atoms with Crippen molar-refractivity contribution in [2.45, 2.75) is 13.8 Å². The third-order valence-corrected chi connectivity index (χ3v) is 2.66. The summed E-state index contributed by atoms with van der Waals surface area (Å²) in [4.78, 5) is 19.5. The molecule has 2 aromatic rings. The fourth-order valence-corrected chi connectivity index (χ4v) is 1.61. The van der Waals surface area contributed by atoms with Gasteiger partial charge in [0.25, 0.3) is 0 Å². The first-order valence-corrected chi connectivity index (χ1v) is 5.97. The van der Waals surface area contributed by atoms with Gasteiger partial charge in [0.1, 0.15) is 5.75 Å². The number of benzene rings is 1. The van der Waals surface area contributed by atoms with E-state index in [0.29, 0.717) is 17.1 Å². The van der Waals surface area contributed by atoms with Crippen LogP contribution in [0.4, 0.5) is 5.69 Å². The molecule has 6 nitrogen and oxygen atoms in total. The minimum Gasteiger partial charge on any atom is -0.463 e. The molecule has 0 aliphatic carbocycles. The lowest BCUT2D eigenvalue weighted by Gasteiger charge is -2.08. The highest BCUT2D eigenvalue weighted by molar-refractivity contribution is 5.85. The molecule has 0 amide bonds. The second-order valence-corrected chi connectivity index (χ2v) is 4.28. The van der Waals surface area contributed by atoms with Gasteiger partial charge in [0.05, 0.1) is 7.11 Å². The number of carbonyl (C=O) groups is 1. The molecule has 2 rings (SSSR count). The van der Waals surface area contributed by atoms with Crippen molar-refractivity contribution >= 4 is 11.7 Å². The Kier molecular flexibility index (Phi) is 3.84. The number of ether oxygens (including phenoxy) is 2. The first-order chi connectivity index (χ1) is 9.49. The van der Waals surface area contributed by atoms with Gasteiger partial charge in [0, 0.05) is 17.4 Å². The van der Waals surface area contributed by atoms with Gasteiger partial charge in [-0.05, 0) is 37.6 Å². The molecular formula is C14H15N3O3. The van der Waals surface area contributed by atoms with Gasteiger partial charge in [0.2, 0.25) is 11.7 Å². The molecule has 0 aliphatic rings. The number of esters is 1. The van der Waals surface area contributed by atoms with Crippen molar-refractivity contribution in [3.63, 3.8) is 0 Å². The summed E-state index contributed by atoms with van der Waals surface area (Å²) in [5.74, 6) is 0.231. The summed E-state index contributed by atoms with van der Waals surface area (Å²) in [7, 11) is 1.28. The molecule has 6 heteroatoms. The van der Waals surface area contributed by atoms with Crippen LogP contribution in [0.15, 0.2) is 24.3 Å². The smallest absolute Gasteiger partial charge is 0.376 e. The SMILES string of the molecule is COC(=O)c1nc(C)cc(Oc2ccc(N)c(C)c2)n1. The number of hydrogen-bond acceptors (Lipinski definition) is 6. The van der Waals surface area contributed by atoms with Crippen LogP contribution in [0.2, 0.25) is 0 Å². The highest BCUT2D eigenvalue weighted by Gasteiger charge is 2.12. The molecule has 104 valence electrons. The van der Waals surface area contributed by atoms with Crippen LogP contribution in [0.1, 0.15) is 21.9 Å². The second kappa shape index (κ2) is 5.56. The highest BCUT2D eigenvalue weighted by Crippen LogP contribution is 2.23. The molecule has 1 heterocycles. The number of nitrogens with two attached hydrogens (primary N) is 1. The van der Waals surface area contributed by atoms with Crippen molar-refractivity contribution in [2.24, 2.45) is 0 Å². The van der Waals surface area contributed by atoms with Crippen molar-refractivity contribution in [1.29, 1.82) is 0 Å². The van der Waals surface area contributed by atoms with Gasteiger partial charge in [0.15, 0.2) is 0 Å². The standard InChI is InChI=1S/C14H15N3O3/c1-8-6-10(4-5-11(8)15)20-12-7-9(2)16-13(17-12)14(18)19-3/h4-7H,15H2,1-3H3. The molecular weight excluding hydrogens is 258 g/mol. The van der Waals surface area contributed by atoms with Gasteiger partial charge in [-0.3, -0.25) is 0 Å². The van der Waals surface area contributed by atoms with E-state index in [1.807, 2.05) is 6.92 Å². The van der Waals surface area contributed by atoms with Gasteiger partial charge >= 0.3 is 5.97 Å². The number of hydrogen-bond donors (Lipinski definition) is 1. The van der Waals surface area contributed by atoms with E-state index < -0.39 is 5.97 Å². The molecule has 0 saturated heterocycles. The number of aromatic nitrogens is 2. The first kappa shape index (κ1) is 13.8. The van der Waals surface area contributed by atoms with E-state index in [0.717, 1.165) is 5.56 Å². The summed E-state index contributed by atoms with van der Waals surface area (Å²) in [5, 5.41) is 0. The maximum Gasteiger partial charge on any atom is 0.376 e. The predicted molar refractivity (Wildman–Crippen MR) is 73.8 cm³/mol. The Hall–Kier alpha value is -2.63. The van der Waals surface area contributed by atoms with Crippen LogP contribution < -0.4 is 10.5 Å². The molecule has 0 bridgehead atoms. The number of nitrogens with zero attached hydrogens (tertiary/aromatic N) is 2. The number of nitrogen functional groups attached to an aromatic ring is 1. The normalized spacial score (nSPS) is 10.2. The average molecular weight is 273 g/mol. The lowest BCUT2D eigenvalue weighted by atomic mass is 10.2.